The highest BCUT2D eigenvalue weighted by Crippen LogP contribution is 2.35. The molecule has 0 aromatic heterocycles. The molecule has 0 aliphatic rings. The molecule has 0 spiro atoms. The summed E-state index contributed by atoms with van der Waals surface area (Å²) in [5.74, 6) is 0.930. The summed E-state index contributed by atoms with van der Waals surface area (Å²) in [6.07, 6.45) is 7.65. The molecule has 0 aliphatic heterocycles. The van der Waals surface area contributed by atoms with Crippen LogP contribution in [0.3, 0.4) is 0 Å². The van der Waals surface area contributed by atoms with Crippen molar-refractivity contribution < 1.29 is 24.1 Å². The summed E-state index contributed by atoms with van der Waals surface area (Å²) in [6.45, 7) is 5.10. The van der Waals surface area contributed by atoms with Gasteiger partial charge in [0.2, 0.25) is 5.75 Å². The zero-order chi connectivity index (χ0) is 17.5. The molecule has 1 aromatic carbocycles. The van der Waals surface area contributed by atoms with Crippen molar-refractivity contribution in [1.29, 1.82) is 0 Å². The van der Waals surface area contributed by atoms with Crippen molar-refractivity contribution in [2.75, 3.05) is 40.1 Å². The maximum absolute atomic E-state index is 9.64. The van der Waals surface area contributed by atoms with Crippen LogP contribution in [0.2, 0.25) is 0 Å². The van der Waals surface area contributed by atoms with Crippen molar-refractivity contribution in [1.82, 2.24) is 0 Å². The summed E-state index contributed by atoms with van der Waals surface area (Å²) < 4.78 is 21.7. The predicted octanol–water partition coefficient (Wildman–Crippen LogP) is 4.17. The van der Waals surface area contributed by atoms with E-state index in [0.29, 0.717) is 37.9 Å². The highest BCUT2D eigenvalue weighted by Gasteiger charge is 2.08. The van der Waals surface area contributed by atoms with E-state index in [4.69, 9.17) is 18.9 Å². The first kappa shape index (κ1) is 20.6. The van der Waals surface area contributed by atoms with Crippen LogP contribution in [0.15, 0.2) is 18.2 Å². The number of benzene rings is 1. The zero-order valence-corrected chi connectivity index (χ0v) is 15.1. The molecule has 138 valence electrons. The summed E-state index contributed by atoms with van der Waals surface area (Å²) in [7, 11) is 1.50. The van der Waals surface area contributed by atoms with Gasteiger partial charge in [-0.25, -0.2) is 0 Å². The quantitative estimate of drug-likeness (QED) is 0.486. The van der Waals surface area contributed by atoms with Crippen LogP contribution in [0.4, 0.5) is 0 Å². The van der Waals surface area contributed by atoms with Crippen LogP contribution >= 0.6 is 0 Å². The fraction of sp³-hybridized carbons (Fsp3) is 0.684. The number of para-hydroxylation sites is 1. The molecule has 0 aliphatic carbocycles. The summed E-state index contributed by atoms with van der Waals surface area (Å²) in [6, 6.07) is 5.02. The number of hydrogen-bond donors (Lipinski definition) is 1. The SMILES string of the molecule is CCCCCCCCOCCOCCOc1cccc(O)c1OC. The van der Waals surface area contributed by atoms with Gasteiger partial charge in [0.05, 0.1) is 26.9 Å². The Morgan fingerprint density at radius 3 is 2.25 bits per heavy atom. The van der Waals surface area contributed by atoms with Crippen molar-refractivity contribution >= 4 is 0 Å². The number of hydrogen-bond acceptors (Lipinski definition) is 5. The highest BCUT2D eigenvalue weighted by atomic mass is 16.6. The van der Waals surface area contributed by atoms with Crippen molar-refractivity contribution in [2.45, 2.75) is 45.4 Å². The average molecular weight is 340 g/mol. The number of ether oxygens (including phenoxy) is 4. The molecular weight excluding hydrogens is 308 g/mol. The third-order valence-electron chi connectivity index (χ3n) is 3.66. The molecule has 5 heteroatoms. The van der Waals surface area contributed by atoms with E-state index in [-0.39, 0.29) is 5.75 Å². The maximum Gasteiger partial charge on any atom is 0.203 e. The average Bonchev–Trinajstić information content (AvgIpc) is 2.59. The van der Waals surface area contributed by atoms with Gasteiger partial charge in [0.15, 0.2) is 11.5 Å². The molecule has 1 aromatic rings. The normalized spacial score (nSPS) is 10.8. The number of methoxy groups -OCH3 is 1. The van der Waals surface area contributed by atoms with E-state index in [1.807, 2.05) is 0 Å². The van der Waals surface area contributed by atoms with Gasteiger partial charge in [0, 0.05) is 6.61 Å². The number of phenolic OH excluding ortho intramolecular Hbond substituents is 1. The van der Waals surface area contributed by atoms with Gasteiger partial charge < -0.3 is 24.1 Å². The lowest BCUT2D eigenvalue weighted by Gasteiger charge is -2.11. The van der Waals surface area contributed by atoms with Gasteiger partial charge in [-0.3, -0.25) is 0 Å². The molecule has 0 fully saturated rings. The van der Waals surface area contributed by atoms with E-state index in [0.717, 1.165) is 13.0 Å². The van der Waals surface area contributed by atoms with Gasteiger partial charge >= 0.3 is 0 Å². The standard InChI is InChI=1S/C19H32O5/c1-3-4-5-6-7-8-12-22-13-14-23-15-16-24-18-11-9-10-17(20)19(18)21-2/h9-11,20H,3-8,12-16H2,1-2H3. The van der Waals surface area contributed by atoms with Crippen LogP contribution in [0.25, 0.3) is 0 Å². The largest absolute Gasteiger partial charge is 0.504 e. The van der Waals surface area contributed by atoms with Gasteiger partial charge in [-0.2, -0.15) is 0 Å². The predicted molar refractivity (Wildman–Crippen MR) is 95.2 cm³/mol. The lowest BCUT2D eigenvalue weighted by molar-refractivity contribution is 0.0349. The van der Waals surface area contributed by atoms with Crippen molar-refractivity contribution in [3.8, 4) is 17.2 Å². The highest BCUT2D eigenvalue weighted by molar-refractivity contribution is 5.50. The Morgan fingerprint density at radius 2 is 1.50 bits per heavy atom. The second-order valence-electron chi connectivity index (χ2n) is 5.65. The van der Waals surface area contributed by atoms with Crippen molar-refractivity contribution in [3.05, 3.63) is 18.2 Å². The summed E-state index contributed by atoms with van der Waals surface area (Å²) in [4.78, 5) is 0. The molecule has 0 bridgehead atoms. The first-order valence-corrected chi connectivity index (χ1v) is 8.93. The van der Waals surface area contributed by atoms with Gasteiger partial charge in [-0.15, -0.1) is 0 Å². The molecule has 0 saturated heterocycles. The lowest BCUT2D eigenvalue weighted by atomic mass is 10.1. The van der Waals surface area contributed by atoms with E-state index in [2.05, 4.69) is 6.92 Å². The lowest BCUT2D eigenvalue weighted by Crippen LogP contribution is -2.11. The third kappa shape index (κ3) is 8.99. The molecule has 1 N–H and O–H groups in total. The molecule has 0 atom stereocenters. The molecule has 0 radical (unpaired) electrons. The van der Waals surface area contributed by atoms with E-state index < -0.39 is 0 Å². The van der Waals surface area contributed by atoms with Crippen LogP contribution in [0.5, 0.6) is 17.2 Å². The molecule has 0 saturated carbocycles. The molecule has 1 rings (SSSR count). The molecule has 0 heterocycles. The van der Waals surface area contributed by atoms with Crippen LogP contribution in [0, 0.1) is 0 Å². The van der Waals surface area contributed by atoms with Gasteiger partial charge in [0.1, 0.15) is 6.61 Å². The Kier molecular flexibility index (Phi) is 11.9. The Bertz CT molecular complexity index is 422. The van der Waals surface area contributed by atoms with E-state index >= 15 is 0 Å². The summed E-state index contributed by atoms with van der Waals surface area (Å²) in [5, 5.41) is 9.64. The van der Waals surface area contributed by atoms with E-state index in [1.54, 1.807) is 18.2 Å². The Hall–Kier alpha value is -1.46. The number of phenols is 1. The Morgan fingerprint density at radius 1 is 0.833 bits per heavy atom. The van der Waals surface area contributed by atoms with Crippen LogP contribution in [-0.4, -0.2) is 45.3 Å². The van der Waals surface area contributed by atoms with Crippen molar-refractivity contribution in [2.24, 2.45) is 0 Å². The molecule has 5 nitrogen and oxygen atoms in total. The number of aromatic hydroxyl groups is 1. The Balaban J connectivity index is 1.93. The smallest absolute Gasteiger partial charge is 0.203 e. The van der Waals surface area contributed by atoms with Gasteiger partial charge in [0.25, 0.3) is 0 Å². The van der Waals surface area contributed by atoms with Gasteiger partial charge in [-0.1, -0.05) is 45.1 Å². The number of unbranched alkanes of at least 4 members (excludes halogenated alkanes) is 5. The number of rotatable bonds is 15. The molecule has 24 heavy (non-hydrogen) atoms. The Labute approximate surface area is 145 Å². The third-order valence-corrected chi connectivity index (χ3v) is 3.66. The van der Waals surface area contributed by atoms with Crippen LogP contribution in [0.1, 0.15) is 45.4 Å². The summed E-state index contributed by atoms with van der Waals surface area (Å²) in [5.41, 5.74) is 0. The second kappa shape index (κ2) is 13.9. The monoisotopic (exact) mass is 340 g/mol. The van der Waals surface area contributed by atoms with Gasteiger partial charge in [-0.05, 0) is 18.6 Å². The minimum atomic E-state index is 0.0685. The zero-order valence-electron chi connectivity index (χ0n) is 15.1. The maximum atomic E-state index is 9.64. The fourth-order valence-corrected chi connectivity index (χ4v) is 2.34. The summed E-state index contributed by atoms with van der Waals surface area (Å²) >= 11 is 0. The molecular formula is C19H32O5. The molecule has 0 amide bonds. The second-order valence-corrected chi connectivity index (χ2v) is 5.65. The van der Waals surface area contributed by atoms with Crippen molar-refractivity contribution in [3.63, 3.8) is 0 Å². The van der Waals surface area contributed by atoms with Crippen LogP contribution in [-0.2, 0) is 9.47 Å². The first-order valence-electron chi connectivity index (χ1n) is 8.93. The first-order chi connectivity index (χ1) is 11.8. The molecule has 0 unspecified atom stereocenters. The van der Waals surface area contributed by atoms with Crippen LogP contribution < -0.4 is 9.47 Å². The van der Waals surface area contributed by atoms with E-state index in [1.165, 1.54) is 39.2 Å². The minimum Gasteiger partial charge on any atom is -0.504 e. The topological polar surface area (TPSA) is 57.2 Å². The van der Waals surface area contributed by atoms with E-state index in [9.17, 15) is 5.11 Å². The minimum absolute atomic E-state index is 0.0685. The fourth-order valence-electron chi connectivity index (χ4n) is 2.34.